The van der Waals surface area contributed by atoms with Gasteiger partial charge in [-0.2, -0.15) is 9.99 Å². The van der Waals surface area contributed by atoms with Gasteiger partial charge in [0, 0.05) is 12.1 Å². The van der Waals surface area contributed by atoms with Crippen molar-refractivity contribution in [3.8, 4) is 6.07 Å². The lowest BCUT2D eigenvalue weighted by Crippen LogP contribution is -2.35. The number of ether oxygens (including phenoxy) is 1. The quantitative estimate of drug-likeness (QED) is 0.409. The maximum absolute atomic E-state index is 11.3. The van der Waals surface area contributed by atoms with Crippen LogP contribution in [0.25, 0.3) is 0 Å². The molecule has 0 bridgehead atoms. The molecule has 5 heteroatoms. The third-order valence-electron chi connectivity index (χ3n) is 1.80. The summed E-state index contributed by atoms with van der Waals surface area (Å²) in [6.07, 6.45) is 1.24. The van der Waals surface area contributed by atoms with Crippen LogP contribution >= 0.6 is 0 Å². The lowest BCUT2D eigenvalue weighted by atomic mass is 10.1. The molecule has 0 aliphatic rings. The fourth-order valence-corrected chi connectivity index (χ4v) is 1.13. The molecule has 5 nitrogen and oxygen atoms in total. The Kier molecular flexibility index (Phi) is 3.63. The third-order valence-corrected chi connectivity index (χ3v) is 1.80. The largest absolute Gasteiger partial charge is 0.618 e. The van der Waals surface area contributed by atoms with Gasteiger partial charge in [-0.05, 0) is 13.0 Å². The molecule has 1 heterocycles. The Morgan fingerprint density at radius 2 is 2.47 bits per heavy atom. The lowest BCUT2D eigenvalue weighted by Gasteiger charge is -2.08. The van der Waals surface area contributed by atoms with Gasteiger partial charge in [0.1, 0.15) is 0 Å². The maximum Gasteiger partial charge on any atom is 0.334 e. The van der Waals surface area contributed by atoms with Gasteiger partial charge >= 0.3 is 5.97 Å². The predicted molar refractivity (Wildman–Crippen MR) is 50.4 cm³/mol. The van der Waals surface area contributed by atoms with Crippen molar-refractivity contribution >= 4 is 5.97 Å². The van der Waals surface area contributed by atoms with Gasteiger partial charge in [-0.1, -0.05) is 0 Å². The van der Waals surface area contributed by atoms with Gasteiger partial charge in [0.2, 0.25) is 11.6 Å². The van der Waals surface area contributed by atoms with E-state index in [2.05, 4.69) is 0 Å². The Hall–Kier alpha value is -2.09. The van der Waals surface area contributed by atoms with Gasteiger partial charge in [-0.3, -0.25) is 4.79 Å². The van der Waals surface area contributed by atoms with Gasteiger partial charge in [0.05, 0.1) is 12.7 Å². The average Bonchev–Trinajstić information content (AvgIpc) is 2.22. The number of rotatable bonds is 3. The summed E-state index contributed by atoms with van der Waals surface area (Å²) in [5, 5.41) is 20.1. The van der Waals surface area contributed by atoms with E-state index in [9.17, 15) is 10.0 Å². The van der Waals surface area contributed by atoms with E-state index in [4.69, 9.17) is 10.00 Å². The zero-order chi connectivity index (χ0) is 11.3. The Balaban J connectivity index is 2.99. The van der Waals surface area contributed by atoms with Crippen LogP contribution in [0.1, 0.15) is 18.5 Å². The van der Waals surface area contributed by atoms with E-state index >= 15 is 0 Å². The van der Waals surface area contributed by atoms with Crippen LogP contribution in [0.15, 0.2) is 24.4 Å². The van der Waals surface area contributed by atoms with E-state index in [1.54, 1.807) is 19.1 Å². The van der Waals surface area contributed by atoms with Gasteiger partial charge in [-0.15, -0.1) is 0 Å². The Morgan fingerprint density at radius 1 is 1.73 bits per heavy atom. The first-order chi connectivity index (χ1) is 7.20. The highest BCUT2D eigenvalue weighted by molar-refractivity contribution is 5.80. The lowest BCUT2D eigenvalue weighted by molar-refractivity contribution is -0.614. The number of hydrogen-bond donors (Lipinski definition) is 0. The fraction of sp³-hybridized carbons (Fsp3) is 0.300. The smallest absolute Gasteiger partial charge is 0.334 e. The molecule has 0 fully saturated rings. The minimum Gasteiger partial charge on any atom is -0.618 e. The van der Waals surface area contributed by atoms with Gasteiger partial charge in [0.25, 0.3) is 0 Å². The number of nitrogens with zero attached hydrogens (tertiary/aromatic N) is 2. The zero-order valence-corrected chi connectivity index (χ0v) is 8.21. The third kappa shape index (κ3) is 2.44. The molecule has 0 aliphatic heterocycles. The van der Waals surface area contributed by atoms with Crippen molar-refractivity contribution in [2.75, 3.05) is 6.61 Å². The van der Waals surface area contributed by atoms with E-state index in [0.717, 1.165) is 0 Å². The molecule has 15 heavy (non-hydrogen) atoms. The number of nitriles is 1. The second kappa shape index (κ2) is 4.96. The van der Waals surface area contributed by atoms with Crippen molar-refractivity contribution in [3.05, 3.63) is 35.3 Å². The molecule has 1 unspecified atom stereocenters. The summed E-state index contributed by atoms with van der Waals surface area (Å²) in [5.74, 6) is -1.86. The van der Waals surface area contributed by atoms with Crippen LogP contribution < -0.4 is 4.73 Å². The first kappa shape index (κ1) is 11.0. The normalized spacial score (nSPS) is 11.5. The topological polar surface area (TPSA) is 77.0 Å². The number of aromatic nitrogens is 1. The van der Waals surface area contributed by atoms with Crippen molar-refractivity contribution < 1.29 is 14.3 Å². The molecule has 0 aromatic carbocycles. The average molecular weight is 206 g/mol. The molecule has 0 saturated heterocycles. The monoisotopic (exact) mass is 206 g/mol. The summed E-state index contributed by atoms with van der Waals surface area (Å²) in [6.45, 7) is 1.82. The molecule has 1 atom stereocenters. The Bertz CT molecular complexity index is 398. The van der Waals surface area contributed by atoms with Crippen LogP contribution in [0.5, 0.6) is 0 Å². The number of pyridine rings is 1. The minimum atomic E-state index is -1.16. The van der Waals surface area contributed by atoms with Crippen LogP contribution in [-0.4, -0.2) is 12.6 Å². The standard InChI is InChI=1S/C10H10N2O3/c1-2-15-10(13)8(7-11)9-5-3-4-6-12(9)14/h3-6,8H,2H2,1H3. The van der Waals surface area contributed by atoms with E-state index in [-0.39, 0.29) is 12.3 Å². The maximum atomic E-state index is 11.3. The highest BCUT2D eigenvalue weighted by atomic mass is 16.5. The highest BCUT2D eigenvalue weighted by Gasteiger charge is 2.28. The van der Waals surface area contributed by atoms with Gasteiger partial charge < -0.3 is 9.94 Å². The zero-order valence-electron chi connectivity index (χ0n) is 8.21. The molecule has 1 aromatic rings. The molecule has 1 aromatic heterocycles. The molecule has 0 N–H and O–H groups in total. The van der Waals surface area contributed by atoms with Crippen LogP contribution in [0.3, 0.4) is 0 Å². The number of esters is 1. The van der Waals surface area contributed by atoms with Crippen molar-refractivity contribution in [2.24, 2.45) is 0 Å². The van der Waals surface area contributed by atoms with Crippen molar-refractivity contribution in [3.63, 3.8) is 0 Å². The molecule has 0 amide bonds. The minimum absolute atomic E-state index is 0.0819. The summed E-state index contributed by atoms with van der Waals surface area (Å²) in [7, 11) is 0. The highest BCUT2D eigenvalue weighted by Crippen LogP contribution is 2.11. The van der Waals surface area contributed by atoms with E-state index in [0.29, 0.717) is 4.73 Å². The molecule has 78 valence electrons. The fourth-order valence-electron chi connectivity index (χ4n) is 1.13. The van der Waals surface area contributed by atoms with Crippen LogP contribution in [0, 0.1) is 16.5 Å². The van der Waals surface area contributed by atoms with Crippen molar-refractivity contribution in [1.82, 2.24) is 0 Å². The van der Waals surface area contributed by atoms with E-state index < -0.39 is 11.9 Å². The number of carbonyl (C=O) groups excluding carboxylic acids is 1. The first-order valence-electron chi connectivity index (χ1n) is 4.45. The van der Waals surface area contributed by atoms with E-state index in [1.807, 2.05) is 0 Å². The number of carbonyl (C=O) groups is 1. The summed E-state index contributed by atoms with van der Waals surface area (Å²) in [6, 6.07) is 6.29. The SMILES string of the molecule is CCOC(=O)C(C#N)c1cccc[n+]1[O-]. The molecule has 0 spiro atoms. The molecule has 0 aliphatic carbocycles. The molecule has 0 saturated carbocycles. The van der Waals surface area contributed by atoms with Crippen molar-refractivity contribution in [2.45, 2.75) is 12.8 Å². The van der Waals surface area contributed by atoms with Gasteiger partial charge in [-0.25, -0.2) is 0 Å². The van der Waals surface area contributed by atoms with Crippen molar-refractivity contribution in [1.29, 1.82) is 5.26 Å². The van der Waals surface area contributed by atoms with E-state index in [1.165, 1.54) is 18.3 Å². The summed E-state index contributed by atoms with van der Waals surface area (Å²) in [5.41, 5.74) is 0.0819. The van der Waals surface area contributed by atoms with Crippen LogP contribution in [0.4, 0.5) is 0 Å². The summed E-state index contributed by atoms with van der Waals surface area (Å²) >= 11 is 0. The molecular weight excluding hydrogens is 196 g/mol. The second-order valence-corrected chi connectivity index (χ2v) is 2.77. The molecule has 1 rings (SSSR count). The Morgan fingerprint density at radius 3 is 3.00 bits per heavy atom. The summed E-state index contributed by atoms with van der Waals surface area (Å²) in [4.78, 5) is 11.3. The first-order valence-corrected chi connectivity index (χ1v) is 4.45. The summed E-state index contributed by atoms with van der Waals surface area (Å²) < 4.78 is 5.18. The molecular formula is C10H10N2O3. The second-order valence-electron chi connectivity index (χ2n) is 2.77. The van der Waals surface area contributed by atoms with Gasteiger partial charge in [0.15, 0.2) is 6.20 Å². The predicted octanol–water partition coefficient (Wildman–Crippen LogP) is 0.490. The number of hydrogen-bond acceptors (Lipinski definition) is 4. The molecule has 0 radical (unpaired) electrons. The van der Waals surface area contributed by atoms with Crippen LogP contribution in [-0.2, 0) is 9.53 Å². The Labute approximate surface area is 87.1 Å². The van der Waals surface area contributed by atoms with Crippen LogP contribution in [0.2, 0.25) is 0 Å².